The molecule has 0 aliphatic carbocycles. The van der Waals surface area contributed by atoms with Crippen LogP contribution in [0.4, 0.5) is 11.4 Å². The number of nitro benzene ring substituents is 2. The normalized spacial score (nSPS) is 9.93. The highest BCUT2D eigenvalue weighted by Gasteiger charge is 2.18. The quantitative estimate of drug-likeness (QED) is 0.485. The van der Waals surface area contributed by atoms with Crippen molar-refractivity contribution in [1.82, 2.24) is 0 Å². The van der Waals surface area contributed by atoms with Crippen LogP contribution in [0.5, 0.6) is 0 Å². The van der Waals surface area contributed by atoms with Crippen molar-refractivity contribution in [3.05, 3.63) is 44.0 Å². The molecule has 1 rings (SSSR count). The van der Waals surface area contributed by atoms with Crippen molar-refractivity contribution in [2.75, 3.05) is 5.75 Å². The molecule has 0 aliphatic rings. The average molecular weight is 228 g/mol. The van der Waals surface area contributed by atoms with Crippen molar-refractivity contribution in [3.63, 3.8) is 0 Å². The highest BCUT2D eigenvalue weighted by Crippen LogP contribution is 2.24. The molecular weight excluding hydrogens is 220 g/mol. The lowest BCUT2D eigenvalue weighted by Crippen LogP contribution is -1.98. The Morgan fingerprint density at radius 3 is 2.33 bits per heavy atom. The fourth-order valence-corrected chi connectivity index (χ4v) is 1.41. The van der Waals surface area contributed by atoms with E-state index in [0.717, 1.165) is 6.07 Å². The highest BCUT2D eigenvalue weighted by molar-refractivity contribution is 7.80. The van der Waals surface area contributed by atoms with Gasteiger partial charge in [-0.3, -0.25) is 20.2 Å². The molecule has 1 aromatic carbocycles. The summed E-state index contributed by atoms with van der Waals surface area (Å²) in [6, 6.07) is 3.62. The minimum absolute atomic E-state index is 0.224. The predicted molar refractivity (Wildman–Crippen MR) is 57.3 cm³/mol. The van der Waals surface area contributed by atoms with E-state index in [1.54, 1.807) is 0 Å². The highest BCUT2D eigenvalue weighted by atomic mass is 32.1. The monoisotopic (exact) mass is 228 g/mol. The largest absolute Gasteiger partial charge is 0.279 e. The number of aryl methyl sites for hydroxylation is 1. The van der Waals surface area contributed by atoms with Gasteiger partial charge in [-0.2, -0.15) is 12.6 Å². The summed E-state index contributed by atoms with van der Waals surface area (Å²) in [5.74, 6) is 0.457. The van der Waals surface area contributed by atoms with E-state index in [1.165, 1.54) is 12.1 Å². The Morgan fingerprint density at radius 2 is 1.87 bits per heavy atom. The molecule has 0 heterocycles. The third-order valence-corrected chi connectivity index (χ3v) is 2.08. The van der Waals surface area contributed by atoms with Gasteiger partial charge in [0.1, 0.15) is 0 Å². The van der Waals surface area contributed by atoms with Crippen LogP contribution in [0, 0.1) is 20.2 Å². The van der Waals surface area contributed by atoms with E-state index in [9.17, 15) is 20.2 Å². The van der Waals surface area contributed by atoms with Crippen LogP contribution < -0.4 is 0 Å². The van der Waals surface area contributed by atoms with Gasteiger partial charge in [-0.15, -0.1) is 0 Å². The van der Waals surface area contributed by atoms with Crippen LogP contribution in [0.2, 0.25) is 0 Å². The van der Waals surface area contributed by atoms with Gasteiger partial charge in [0.25, 0.3) is 11.4 Å². The number of hydrogen-bond acceptors (Lipinski definition) is 5. The molecule has 0 unspecified atom stereocenters. The van der Waals surface area contributed by atoms with Gasteiger partial charge in [-0.1, -0.05) is 0 Å². The molecule has 0 aromatic heterocycles. The summed E-state index contributed by atoms with van der Waals surface area (Å²) in [4.78, 5) is 19.8. The number of rotatable bonds is 4. The first-order valence-corrected chi connectivity index (χ1v) is 4.72. The molecule has 0 spiro atoms. The summed E-state index contributed by atoms with van der Waals surface area (Å²) in [5.41, 5.74) is -0.0385. The Labute approximate surface area is 90.6 Å². The van der Waals surface area contributed by atoms with Gasteiger partial charge >= 0.3 is 0 Å². The van der Waals surface area contributed by atoms with Crippen LogP contribution in [0.15, 0.2) is 18.2 Å². The maximum atomic E-state index is 10.6. The molecule has 0 N–H and O–H groups in total. The topological polar surface area (TPSA) is 86.3 Å². The summed E-state index contributed by atoms with van der Waals surface area (Å²) < 4.78 is 0. The molecule has 0 atom stereocenters. The van der Waals surface area contributed by atoms with Crippen molar-refractivity contribution in [1.29, 1.82) is 0 Å². The van der Waals surface area contributed by atoms with Gasteiger partial charge in [0, 0.05) is 11.6 Å². The van der Waals surface area contributed by atoms with E-state index < -0.39 is 9.85 Å². The fourth-order valence-electron chi connectivity index (χ4n) is 1.17. The summed E-state index contributed by atoms with van der Waals surface area (Å²) in [6.07, 6.45) is 0.414. The van der Waals surface area contributed by atoms with Crippen LogP contribution >= 0.6 is 12.6 Å². The van der Waals surface area contributed by atoms with E-state index in [2.05, 4.69) is 12.6 Å². The maximum Gasteiger partial charge on any atom is 0.279 e. The van der Waals surface area contributed by atoms with E-state index in [1.807, 2.05) is 0 Å². The first-order valence-electron chi connectivity index (χ1n) is 4.09. The molecule has 0 amide bonds. The SMILES string of the molecule is O=[N+]([O-])c1ccc(CCS)c([N+](=O)[O-])c1. The van der Waals surface area contributed by atoms with Crippen LogP contribution in [-0.2, 0) is 6.42 Å². The molecule has 0 saturated heterocycles. The number of non-ortho nitro benzene ring substituents is 1. The zero-order valence-corrected chi connectivity index (χ0v) is 8.52. The summed E-state index contributed by atoms with van der Waals surface area (Å²) in [6.45, 7) is 0. The molecule has 0 bridgehead atoms. The second kappa shape index (κ2) is 4.74. The molecule has 1 aromatic rings. The Hall–Kier alpha value is -1.63. The zero-order valence-electron chi connectivity index (χ0n) is 7.62. The Morgan fingerprint density at radius 1 is 1.20 bits per heavy atom. The number of hydrogen-bond donors (Lipinski definition) is 1. The van der Waals surface area contributed by atoms with Gasteiger partial charge in [0.2, 0.25) is 0 Å². The van der Waals surface area contributed by atoms with Crippen molar-refractivity contribution < 1.29 is 9.85 Å². The third kappa shape index (κ3) is 2.66. The van der Waals surface area contributed by atoms with Crippen LogP contribution in [-0.4, -0.2) is 15.6 Å². The lowest BCUT2D eigenvalue weighted by molar-refractivity contribution is -0.394. The van der Waals surface area contributed by atoms with E-state index in [4.69, 9.17) is 0 Å². The maximum absolute atomic E-state index is 10.6. The fraction of sp³-hybridized carbons (Fsp3) is 0.250. The molecule has 0 aliphatic heterocycles. The van der Waals surface area contributed by atoms with E-state index in [0.29, 0.717) is 17.7 Å². The summed E-state index contributed by atoms with van der Waals surface area (Å²) in [7, 11) is 0. The Balaban J connectivity index is 3.20. The first kappa shape index (κ1) is 11.4. The average Bonchev–Trinajstić information content (AvgIpc) is 2.18. The summed E-state index contributed by atoms with van der Waals surface area (Å²) >= 11 is 3.96. The minimum atomic E-state index is -0.655. The first-order chi connectivity index (χ1) is 7.06. The van der Waals surface area contributed by atoms with Crippen molar-refractivity contribution in [2.45, 2.75) is 6.42 Å². The molecule has 15 heavy (non-hydrogen) atoms. The van der Waals surface area contributed by atoms with Gasteiger partial charge < -0.3 is 0 Å². The lowest BCUT2D eigenvalue weighted by Gasteiger charge is -2.00. The number of nitrogens with zero attached hydrogens (tertiary/aromatic N) is 2. The third-order valence-electron chi connectivity index (χ3n) is 1.86. The number of benzene rings is 1. The number of nitro groups is 2. The Bertz CT molecular complexity index is 408. The molecular formula is C8H8N2O4S. The van der Waals surface area contributed by atoms with Crippen LogP contribution in [0.3, 0.4) is 0 Å². The van der Waals surface area contributed by atoms with Gasteiger partial charge in [0.15, 0.2) is 0 Å². The van der Waals surface area contributed by atoms with Crippen LogP contribution in [0.25, 0.3) is 0 Å². The standard InChI is InChI=1S/C8H8N2O4S/c11-9(12)7-2-1-6(3-4-15)8(5-7)10(13)14/h1-2,5,15H,3-4H2. The van der Waals surface area contributed by atoms with Crippen molar-refractivity contribution >= 4 is 24.0 Å². The van der Waals surface area contributed by atoms with E-state index in [-0.39, 0.29) is 11.4 Å². The zero-order chi connectivity index (χ0) is 11.4. The molecule has 7 heteroatoms. The van der Waals surface area contributed by atoms with Gasteiger partial charge in [0.05, 0.1) is 15.9 Å². The second-order valence-corrected chi connectivity index (χ2v) is 3.25. The van der Waals surface area contributed by atoms with Gasteiger partial charge in [-0.25, -0.2) is 0 Å². The lowest BCUT2D eigenvalue weighted by atomic mass is 10.1. The molecule has 6 nitrogen and oxygen atoms in total. The van der Waals surface area contributed by atoms with Crippen molar-refractivity contribution in [2.24, 2.45) is 0 Å². The Kier molecular flexibility index (Phi) is 3.62. The van der Waals surface area contributed by atoms with E-state index >= 15 is 0 Å². The molecule has 80 valence electrons. The molecule has 0 saturated carbocycles. The summed E-state index contributed by atoms with van der Waals surface area (Å²) in [5, 5.41) is 21.0. The van der Waals surface area contributed by atoms with Crippen LogP contribution in [0.1, 0.15) is 5.56 Å². The predicted octanol–water partition coefficient (Wildman–Crippen LogP) is 1.98. The molecule has 0 radical (unpaired) electrons. The minimum Gasteiger partial charge on any atom is -0.258 e. The molecule has 0 fully saturated rings. The smallest absolute Gasteiger partial charge is 0.258 e. The number of thiol groups is 1. The second-order valence-electron chi connectivity index (χ2n) is 2.80. The van der Waals surface area contributed by atoms with Gasteiger partial charge in [-0.05, 0) is 18.2 Å². The van der Waals surface area contributed by atoms with Crippen molar-refractivity contribution in [3.8, 4) is 0 Å².